The third kappa shape index (κ3) is 5.26. The molecular weight excluding hydrogens is 392 g/mol. The molecule has 0 aliphatic carbocycles. The Hall–Kier alpha value is -2.41. The minimum atomic E-state index is -0.630. The highest BCUT2D eigenvalue weighted by Gasteiger charge is 2.47. The third-order valence-corrected chi connectivity index (χ3v) is 6.71. The molecule has 2 aliphatic heterocycles. The van der Waals surface area contributed by atoms with Gasteiger partial charge in [-0.25, -0.2) is 0 Å². The normalized spacial score (nSPS) is 22.9. The summed E-state index contributed by atoms with van der Waals surface area (Å²) in [6, 6.07) is 8.74. The summed E-state index contributed by atoms with van der Waals surface area (Å²) in [4.78, 5) is 42.8. The molecule has 2 N–H and O–H groups in total. The summed E-state index contributed by atoms with van der Waals surface area (Å²) in [5.41, 5.74) is 1.21. The summed E-state index contributed by atoms with van der Waals surface area (Å²) in [5, 5.41) is 5.80. The molecule has 0 bridgehead atoms. The van der Waals surface area contributed by atoms with Gasteiger partial charge in [-0.1, -0.05) is 44.2 Å². The Morgan fingerprint density at radius 3 is 2.42 bits per heavy atom. The topological polar surface area (TPSA) is 81.8 Å². The first kappa shape index (κ1) is 23.3. The van der Waals surface area contributed by atoms with E-state index >= 15 is 0 Å². The van der Waals surface area contributed by atoms with E-state index in [1.54, 1.807) is 18.9 Å². The van der Waals surface area contributed by atoms with Crippen LogP contribution in [0.4, 0.5) is 0 Å². The maximum Gasteiger partial charge on any atom is 0.246 e. The summed E-state index contributed by atoms with van der Waals surface area (Å²) in [6.45, 7) is 7.60. The van der Waals surface area contributed by atoms with E-state index in [4.69, 9.17) is 0 Å². The van der Waals surface area contributed by atoms with Crippen LogP contribution in [0.3, 0.4) is 0 Å². The lowest BCUT2D eigenvalue weighted by Gasteiger charge is -2.39. The van der Waals surface area contributed by atoms with E-state index < -0.39 is 12.1 Å². The molecule has 0 spiro atoms. The van der Waals surface area contributed by atoms with Crippen molar-refractivity contribution in [1.82, 2.24) is 20.4 Å². The maximum atomic E-state index is 13.4. The van der Waals surface area contributed by atoms with Gasteiger partial charge in [0.2, 0.25) is 17.7 Å². The van der Waals surface area contributed by atoms with Gasteiger partial charge in [0.1, 0.15) is 12.1 Å². The van der Waals surface area contributed by atoms with E-state index in [-0.39, 0.29) is 35.6 Å². The van der Waals surface area contributed by atoms with Crippen LogP contribution in [-0.2, 0) is 20.8 Å². The molecule has 0 aromatic heterocycles. The van der Waals surface area contributed by atoms with Crippen molar-refractivity contribution >= 4 is 17.7 Å². The number of likely N-dealkylation sites (N-methyl/N-ethyl adjacent to an activating group) is 1. The molecule has 7 nitrogen and oxygen atoms in total. The van der Waals surface area contributed by atoms with Crippen LogP contribution in [0.25, 0.3) is 0 Å². The Morgan fingerprint density at radius 2 is 1.77 bits per heavy atom. The molecule has 0 saturated carbocycles. The molecular formula is C24H36N4O3. The van der Waals surface area contributed by atoms with Crippen LogP contribution in [0.1, 0.15) is 39.2 Å². The van der Waals surface area contributed by atoms with E-state index in [1.807, 2.05) is 36.9 Å². The Bertz CT molecular complexity index is 782. The van der Waals surface area contributed by atoms with Gasteiger partial charge in [-0.05, 0) is 50.6 Å². The molecule has 2 saturated heterocycles. The number of rotatable bonds is 8. The van der Waals surface area contributed by atoms with Crippen molar-refractivity contribution in [3.05, 3.63) is 35.9 Å². The van der Waals surface area contributed by atoms with E-state index in [9.17, 15) is 14.4 Å². The van der Waals surface area contributed by atoms with Crippen LogP contribution >= 0.6 is 0 Å². The number of hydrogen-bond acceptors (Lipinski definition) is 4. The largest absolute Gasteiger partial charge is 0.343 e. The van der Waals surface area contributed by atoms with E-state index in [1.165, 1.54) is 5.56 Å². The quantitative estimate of drug-likeness (QED) is 0.656. The first-order valence-corrected chi connectivity index (χ1v) is 11.4. The summed E-state index contributed by atoms with van der Waals surface area (Å²) in [5.74, 6) is -0.144. The van der Waals surface area contributed by atoms with Crippen LogP contribution in [0.15, 0.2) is 30.3 Å². The fourth-order valence-corrected chi connectivity index (χ4v) is 4.59. The molecule has 2 fully saturated rings. The minimum absolute atomic E-state index is 0.0513. The highest BCUT2D eigenvalue weighted by Crippen LogP contribution is 2.33. The summed E-state index contributed by atoms with van der Waals surface area (Å²) >= 11 is 0. The number of carbonyl (C=O) groups is 3. The Balaban J connectivity index is 1.69. The van der Waals surface area contributed by atoms with Crippen LogP contribution in [0.5, 0.6) is 0 Å². The van der Waals surface area contributed by atoms with Gasteiger partial charge in [-0.15, -0.1) is 0 Å². The van der Waals surface area contributed by atoms with Crippen LogP contribution in [0, 0.1) is 11.8 Å². The molecule has 3 rings (SSSR count). The summed E-state index contributed by atoms with van der Waals surface area (Å²) in [7, 11) is 1.71. The Kier molecular flexibility index (Phi) is 7.70. The molecule has 2 aliphatic rings. The zero-order valence-electron chi connectivity index (χ0n) is 19.1. The van der Waals surface area contributed by atoms with Crippen molar-refractivity contribution in [2.45, 2.75) is 58.2 Å². The number of carbonyl (C=O) groups excluding carboxylic acids is 3. The molecule has 7 heteroatoms. The second-order valence-electron chi connectivity index (χ2n) is 9.12. The monoisotopic (exact) mass is 428 g/mol. The Morgan fingerprint density at radius 1 is 1.10 bits per heavy atom. The SMILES string of the molecule is CNC(C)C(=O)NC(C(=O)N1CCC2CCN(CCc3ccccc3)C(=O)C21)C(C)C. The second-order valence-corrected chi connectivity index (χ2v) is 9.12. The number of fused-ring (bicyclic) bond motifs is 1. The van der Waals surface area contributed by atoms with Crippen LogP contribution in [0.2, 0.25) is 0 Å². The summed E-state index contributed by atoms with van der Waals surface area (Å²) < 4.78 is 0. The molecule has 170 valence electrons. The molecule has 3 amide bonds. The van der Waals surface area contributed by atoms with Gasteiger partial charge in [0.15, 0.2) is 0 Å². The van der Waals surface area contributed by atoms with Crippen molar-refractivity contribution in [2.24, 2.45) is 11.8 Å². The third-order valence-electron chi connectivity index (χ3n) is 6.71. The van der Waals surface area contributed by atoms with E-state index in [0.29, 0.717) is 13.1 Å². The van der Waals surface area contributed by atoms with E-state index in [2.05, 4.69) is 22.8 Å². The van der Waals surface area contributed by atoms with Crippen molar-refractivity contribution in [3.8, 4) is 0 Å². The number of nitrogens with zero attached hydrogens (tertiary/aromatic N) is 2. The molecule has 2 heterocycles. The fourth-order valence-electron chi connectivity index (χ4n) is 4.59. The summed E-state index contributed by atoms with van der Waals surface area (Å²) in [6.07, 6.45) is 2.58. The molecule has 4 atom stereocenters. The second kappa shape index (κ2) is 10.3. The standard InChI is InChI=1S/C24H36N4O3/c1-16(2)20(26-22(29)17(3)25-4)23(30)28-15-12-19-11-14-27(24(31)21(19)28)13-10-18-8-6-5-7-9-18/h5-9,16-17,19-21,25H,10-15H2,1-4H3,(H,26,29). The maximum absolute atomic E-state index is 13.4. The van der Waals surface area contributed by atoms with Crippen LogP contribution in [-0.4, -0.2) is 72.3 Å². The van der Waals surface area contributed by atoms with Gasteiger partial charge in [0.05, 0.1) is 6.04 Å². The highest BCUT2D eigenvalue weighted by molar-refractivity contribution is 5.94. The van der Waals surface area contributed by atoms with Gasteiger partial charge < -0.3 is 20.4 Å². The van der Waals surface area contributed by atoms with Gasteiger partial charge >= 0.3 is 0 Å². The lowest BCUT2D eigenvalue weighted by Crippen LogP contribution is -2.59. The van der Waals surface area contributed by atoms with Crippen molar-refractivity contribution in [1.29, 1.82) is 0 Å². The fraction of sp³-hybridized carbons (Fsp3) is 0.625. The zero-order chi connectivity index (χ0) is 22.5. The predicted molar refractivity (Wildman–Crippen MR) is 120 cm³/mol. The predicted octanol–water partition coefficient (Wildman–Crippen LogP) is 1.43. The molecule has 31 heavy (non-hydrogen) atoms. The average molecular weight is 429 g/mol. The van der Waals surface area contributed by atoms with Crippen molar-refractivity contribution in [3.63, 3.8) is 0 Å². The Labute approximate surface area is 185 Å². The number of nitrogens with one attached hydrogen (secondary N) is 2. The van der Waals surface area contributed by atoms with Gasteiger partial charge in [0, 0.05) is 19.6 Å². The number of piperidine rings is 1. The zero-order valence-corrected chi connectivity index (χ0v) is 19.1. The van der Waals surface area contributed by atoms with E-state index in [0.717, 1.165) is 25.8 Å². The lowest BCUT2D eigenvalue weighted by molar-refractivity contribution is -0.149. The lowest BCUT2D eigenvalue weighted by atomic mass is 9.90. The molecule has 0 radical (unpaired) electrons. The molecule has 4 unspecified atom stereocenters. The first-order chi connectivity index (χ1) is 14.8. The number of amides is 3. The smallest absolute Gasteiger partial charge is 0.246 e. The van der Waals surface area contributed by atoms with Gasteiger partial charge in [-0.3, -0.25) is 14.4 Å². The van der Waals surface area contributed by atoms with Crippen molar-refractivity contribution in [2.75, 3.05) is 26.7 Å². The average Bonchev–Trinajstić information content (AvgIpc) is 3.21. The number of hydrogen-bond donors (Lipinski definition) is 2. The number of benzene rings is 1. The van der Waals surface area contributed by atoms with Gasteiger partial charge in [0.25, 0.3) is 0 Å². The molecule has 1 aromatic carbocycles. The number of likely N-dealkylation sites (tertiary alicyclic amines) is 2. The van der Waals surface area contributed by atoms with Gasteiger partial charge in [-0.2, -0.15) is 0 Å². The minimum Gasteiger partial charge on any atom is -0.343 e. The van der Waals surface area contributed by atoms with Crippen LogP contribution < -0.4 is 10.6 Å². The first-order valence-electron chi connectivity index (χ1n) is 11.4. The van der Waals surface area contributed by atoms with Crippen molar-refractivity contribution < 1.29 is 14.4 Å². The molecule has 1 aromatic rings. The highest BCUT2D eigenvalue weighted by atomic mass is 16.2.